The third-order valence-electron chi connectivity index (χ3n) is 4.51. The Bertz CT molecular complexity index is 1010. The highest BCUT2D eigenvalue weighted by molar-refractivity contribution is 5.87. The van der Waals surface area contributed by atoms with E-state index in [0.29, 0.717) is 24.6 Å². The topological polar surface area (TPSA) is 68.8 Å². The maximum atomic E-state index is 12.0. The van der Waals surface area contributed by atoms with Crippen LogP contribution in [0.1, 0.15) is 31.9 Å². The van der Waals surface area contributed by atoms with Gasteiger partial charge in [-0.05, 0) is 56.2 Å². The number of hydrogen-bond donors (Lipinski definition) is 2. The van der Waals surface area contributed by atoms with Gasteiger partial charge in [0.15, 0.2) is 0 Å². The van der Waals surface area contributed by atoms with E-state index in [1.54, 1.807) is 13.2 Å². The molecule has 0 unspecified atom stereocenters. The lowest BCUT2D eigenvalue weighted by Gasteiger charge is -2.20. The molecule has 32 heavy (non-hydrogen) atoms. The number of carbonyl (C=O) groups excluding carboxylic acids is 1. The molecule has 3 rings (SSSR count). The van der Waals surface area contributed by atoms with E-state index >= 15 is 0 Å². The largest absolute Gasteiger partial charge is 0.494 e. The van der Waals surface area contributed by atoms with Crippen LogP contribution >= 0.6 is 0 Å². The molecule has 0 aliphatic rings. The molecule has 6 nitrogen and oxygen atoms in total. The molecule has 0 aliphatic carbocycles. The van der Waals surface area contributed by atoms with Crippen molar-refractivity contribution in [2.75, 3.05) is 17.7 Å². The summed E-state index contributed by atoms with van der Waals surface area (Å²) in [5.41, 5.74) is 3.11. The Hall–Kier alpha value is -3.67. The zero-order valence-electron chi connectivity index (χ0n) is 19.0. The summed E-state index contributed by atoms with van der Waals surface area (Å²) in [6.07, 6.45) is -0.522. The van der Waals surface area contributed by atoms with E-state index < -0.39 is 11.7 Å². The van der Waals surface area contributed by atoms with Gasteiger partial charge in [0.1, 0.15) is 23.7 Å². The van der Waals surface area contributed by atoms with Gasteiger partial charge in [-0.3, -0.25) is 5.32 Å². The predicted octanol–water partition coefficient (Wildman–Crippen LogP) is 6.23. The van der Waals surface area contributed by atoms with Crippen LogP contribution in [-0.4, -0.2) is 18.8 Å². The Balaban J connectivity index is 1.54. The number of rotatable bonds is 8. The van der Waals surface area contributed by atoms with Gasteiger partial charge >= 0.3 is 6.09 Å². The van der Waals surface area contributed by atoms with Crippen molar-refractivity contribution in [3.05, 3.63) is 83.9 Å². The van der Waals surface area contributed by atoms with Crippen molar-refractivity contribution in [3.8, 4) is 11.5 Å². The monoisotopic (exact) mass is 434 g/mol. The summed E-state index contributed by atoms with van der Waals surface area (Å²) in [4.78, 5) is 12.0. The minimum absolute atomic E-state index is 0.522. The SMILES string of the molecule is COc1cc(NCc2ccc(OCc3ccccc3)cc2)ccc1NC(=O)OC(C)(C)C. The molecule has 0 radical (unpaired) electrons. The van der Waals surface area contributed by atoms with Crippen molar-refractivity contribution in [2.24, 2.45) is 0 Å². The first-order valence-electron chi connectivity index (χ1n) is 10.5. The second-order valence-electron chi connectivity index (χ2n) is 8.31. The second-order valence-corrected chi connectivity index (χ2v) is 8.31. The van der Waals surface area contributed by atoms with Crippen LogP contribution in [0.25, 0.3) is 0 Å². The first kappa shape index (κ1) is 23.0. The fraction of sp³-hybridized carbons (Fsp3) is 0.269. The second kappa shape index (κ2) is 10.6. The Kier molecular flexibility index (Phi) is 7.60. The van der Waals surface area contributed by atoms with Crippen molar-refractivity contribution in [1.82, 2.24) is 0 Å². The summed E-state index contributed by atoms with van der Waals surface area (Å²) in [7, 11) is 1.56. The summed E-state index contributed by atoms with van der Waals surface area (Å²) in [6, 6.07) is 23.6. The molecule has 0 fully saturated rings. The lowest BCUT2D eigenvalue weighted by Crippen LogP contribution is -2.27. The molecular formula is C26H30N2O4. The fourth-order valence-electron chi connectivity index (χ4n) is 2.97. The average molecular weight is 435 g/mol. The van der Waals surface area contributed by atoms with E-state index in [1.807, 2.05) is 87.5 Å². The molecule has 168 valence electrons. The Labute approximate surface area is 189 Å². The van der Waals surface area contributed by atoms with Gasteiger partial charge in [-0.1, -0.05) is 42.5 Å². The van der Waals surface area contributed by atoms with Crippen LogP contribution in [0, 0.1) is 0 Å². The number of benzene rings is 3. The van der Waals surface area contributed by atoms with Gasteiger partial charge in [0.2, 0.25) is 0 Å². The Morgan fingerprint density at radius 1 is 0.906 bits per heavy atom. The van der Waals surface area contributed by atoms with Crippen molar-refractivity contribution >= 4 is 17.5 Å². The zero-order valence-corrected chi connectivity index (χ0v) is 19.0. The smallest absolute Gasteiger partial charge is 0.412 e. The molecule has 0 saturated carbocycles. The third kappa shape index (κ3) is 7.23. The van der Waals surface area contributed by atoms with Crippen molar-refractivity contribution < 1.29 is 19.0 Å². The van der Waals surface area contributed by atoms with Gasteiger partial charge in [-0.15, -0.1) is 0 Å². The van der Waals surface area contributed by atoms with E-state index in [9.17, 15) is 4.79 Å². The van der Waals surface area contributed by atoms with E-state index in [1.165, 1.54) is 0 Å². The standard InChI is InChI=1S/C26H30N2O4/c1-26(2,3)32-25(29)28-23-15-12-21(16-24(23)30-4)27-17-19-10-13-22(14-11-19)31-18-20-8-6-5-7-9-20/h5-16,27H,17-18H2,1-4H3,(H,28,29). The molecule has 0 aliphatic heterocycles. The van der Waals surface area contributed by atoms with Crippen LogP contribution in [0.3, 0.4) is 0 Å². The summed E-state index contributed by atoms with van der Waals surface area (Å²) in [5.74, 6) is 1.38. The van der Waals surface area contributed by atoms with Crippen molar-refractivity contribution in [3.63, 3.8) is 0 Å². The lowest BCUT2D eigenvalue weighted by atomic mass is 10.2. The average Bonchev–Trinajstić information content (AvgIpc) is 2.77. The number of carbonyl (C=O) groups is 1. The van der Waals surface area contributed by atoms with Crippen LogP contribution in [-0.2, 0) is 17.9 Å². The number of hydrogen-bond acceptors (Lipinski definition) is 5. The lowest BCUT2D eigenvalue weighted by molar-refractivity contribution is 0.0635. The molecule has 6 heteroatoms. The van der Waals surface area contributed by atoms with E-state index in [-0.39, 0.29) is 0 Å². The normalized spacial score (nSPS) is 10.9. The molecule has 3 aromatic carbocycles. The summed E-state index contributed by atoms with van der Waals surface area (Å²) < 4.78 is 16.6. The molecule has 1 amide bonds. The molecule has 0 bridgehead atoms. The van der Waals surface area contributed by atoms with Crippen LogP contribution in [0.4, 0.5) is 16.2 Å². The minimum atomic E-state index is -0.569. The number of anilines is 2. The fourth-order valence-corrected chi connectivity index (χ4v) is 2.97. The molecule has 0 saturated heterocycles. The van der Waals surface area contributed by atoms with Crippen LogP contribution in [0.15, 0.2) is 72.8 Å². The molecule has 3 aromatic rings. The zero-order chi connectivity index (χ0) is 23.0. The minimum Gasteiger partial charge on any atom is -0.494 e. The number of ether oxygens (including phenoxy) is 3. The summed E-state index contributed by atoms with van der Waals surface area (Å²) in [6.45, 7) is 6.64. The predicted molar refractivity (Wildman–Crippen MR) is 127 cm³/mol. The molecular weight excluding hydrogens is 404 g/mol. The van der Waals surface area contributed by atoms with E-state index in [4.69, 9.17) is 14.2 Å². The highest BCUT2D eigenvalue weighted by Gasteiger charge is 2.17. The molecule has 0 heterocycles. The highest BCUT2D eigenvalue weighted by atomic mass is 16.6. The van der Waals surface area contributed by atoms with Gasteiger partial charge in [0, 0.05) is 18.3 Å². The van der Waals surface area contributed by atoms with Crippen LogP contribution < -0.4 is 20.1 Å². The Morgan fingerprint density at radius 2 is 1.62 bits per heavy atom. The summed E-state index contributed by atoms with van der Waals surface area (Å²) in [5, 5.41) is 6.09. The quantitative estimate of drug-likeness (QED) is 0.440. The molecule has 0 atom stereocenters. The van der Waals surface area contributed by atoms with Gasteiger partial charge < -0.3 is 19.5 Å². The van der Waals surface area contributed by atoms with Crippen molar-refractivity contribution in [1.29, 1.82) is 0 Å². The van der Waals surface area contributed by atoms with E-state index in [0.717, 1.165) is 22.6 Å². The molecule has 2 N–H and O–H groups in total. The van der Waals surface area contributed by atoms with Gasteiger partial charge in [0.25, 0.3) is 0 Å². The highest BCUT2D eigenvalue weighted by Crippen LogP contribution is 2.29. The van der Waals surface area contributed by atoms with Gasteiger partial charge in [-0.25, -0.2) is 4.79 Å². The number of nitrogens with one attached hydrogen (secondary N) is 2. The maximum absolute atomic E-state index is 12.0. The molecule has 0 spiro atoms. The maximum Gasteiger partial charge on any atom is 0.412 e. The number of amides is 1. The molecule has 0 aromatic heterocycles. The van der Waals surface area contributed by atoms with E-state index in [2.05, 4.69) is 10.6 Å². The van der Waals surface area contributed by atoms with Gasteiger partial charge in [0.05, 0.1) is 12.8 Å². The first-order chi connectivity index (χ1) is 15.3. The first-order valence-corrected chi connectivity index (χ1v) is 10.5. The van der Waals surface area contributed by atoms with Crippen LogP contribution in [0.5, 0.6) is 11.5 Å². The Morgan fingerprint density at radius 3 is 2.28 bits per heavy atom. The van der Waals surface area contributed by atoms with Crippen LogP contribution in [0.2, 0.25) is 0 Å². The third-order valence-corrected chi connectivity index (χ3v) is 4.51. The summed E-state index contributed by atoms with van der Waals surface area (Å²) >= 11 is 0. The number of methoxy groups -OCH3 is 1. The van der Waals surface area contributed by atoms with Crippen molar-refractivity contribution in [2.45, 2.75) is 39.5 Å². The van der Waals surface area contributed by atoms with Gasteiger partial charge in [-0.2, -0.15) is 0 Å².